The summed E-state index contributed by atoms with van der Waals surface area (Å²) in [4.78, 5) is -1.40. The molecule has 142 valence electrons. The van der Waals surface area contributed by atoms with Crippen LogP contribution in [0.1, 0.15) is 19.8 Å². The Morgan fingerprint density at radius 2 is 1.77 bits per heavy atom. The molecule has 0 spiro atoms. The normalized spacial score (nSPS) is 12.2. The lowest BCUT2D eigenvalue weighted by Gasteiger charge is -2.14. The molecule has 3 N–H and O–H groups in total. The molecule has 2 rings (SSSR count). The highest BCUT2D eigenvalue weighted by molar-refractivity contribution is 7.89. The summed E-state index contributed by atoms with van der Waals surface area (Å²) in [6.45, 7) is 2.31. The van der Waals surface area contributed by atoms with Gasteiger partial charge in [-0.25, -0.2) is 17.9 Å². The van der Waals surface area contributed by atoms with Crippen LogP contribution in [-0.2, 0) is 20.1 Å². The first-order chi connectivity index (χ1) is 12.1. The Morgan fingerprint density at radius 3 is 2.35 bits per heavy atom. The maximum atomic E-state index is 14.4. The van der Waals surface area contributed by atoms with Crippen LogP contribution in [0, 0.1) is 5.82 Å². The highest BCUT2D eigenvalue weighted by Gasteiger charge is 2.26. The van der Waals surface area contributed by atoms with Crippen molar-refractivity contribution in [2.24, 2.45) is 5.14 Å². The van der Waals surface area contributed by atoms with Crippen molar-refractivity contribution in [2.75, 3.05) is 6.61 Å². The summed E-state index contributed by atoms with van der Waals surface area (Å²) in [5, 5.41) is 5.14. The summed E-state index contributed by atoms with van der Waals surface area (Å²) < 4.78 is 76.4. The fraction of sp³-hybridized carbons (Fsp3) is 0.250. The summed E-state index contributed by atoms with van der Waals surface area (Å²) in [6.07, 6.45) is 1.62. The molecule has 0 fully saturated rings. The minimum absolute atomic E-state index is 0.223. The molecule has 0 aliphatic carbocycles. The van der Waals surface area contributed by atoms with E-state index in [-0.39, 0.29) is 11.3 Å². The average molecular weight is 403 g/mol. The van der Waals surface area contributed by atoms with E-state index < -0.39 is 41.3 Å². The van der Waals surface area contributed by atoms with Gasteiger partial charge in [0.15, 0.2) is 0 Å². The van der Waals surface area contributed by atoms with Crippen LogP contribution in [0.3, 0.4) is 0 Å². The molecule has 10 heteroatoms. The van der Waals surface area contributed by atoms with Gasteiger partial charge < -0.3 is 4.74 Å². The minimum atomic E-state index is -4.84. The van der Waals surface area contributed by atoms with Gasteiger partial charge in [0.25, 0.3) is 10.1 Å². The second kappa shape index (κ2) is 7.70. The molecule has 0 aliphatic heterocycles. The highest BCUT2D eigenvalue weighted by Crippen LogP contribution is 2.36. The third-order valence-electron chi connectivity index (χ3n) is 3.55. The van der Waals surface area contributed by atoms with Gasteiger partial charge in [0.2, 0.25) is 10.0 Å². The van der Waals surface area contributed by atoms with Crippen LogP contribution in [0.25, 0.3) is 11.1 Å². The molecule has 0 aromatic heterocycles. The smallest absolute Gasteiger partial charge is 0.295 e. The van der Waals surface area contributed by atoms with E-state index in [4.69, 9.17) is 9.88 Å². The van der Waals surface area contributed by atoms with Crippen LogP contribution in [-0.4, -0.2) is 28.0 Å². The topological polar surface area (TPSA) is 124 Å². The van der Waals surface area contributed by atoms with E-state index in [1.165, 1.54) is 12.1 Å². The lowest BCUT2D eigenvalue weighted by Crippen LogP contribution is -2.15. The van der Waals surface area contributed by atoms with Crippen LogP contribution in [0.15, 0.2) is 46.2 Å². The van der Waals surface area contributed by atoms with Crippen molar-refractivity contribution in [3.05, 3.63) is 42.2 Å². The summed E-state index contributed by atoms with van der Waals surface area (Å²) in [5.74, 6) is -0.672. The molecule has 0 saturated heterocycles. The molecule has 0 bridgehead atoms. The molecule has 7 nitrogen and oxygen atoms in total. The molecule has 2 aromatic carbocycles. The molecule has 2 aromatic rings. The molecule has 0 amide bonds. The van der Waals surface area contributed by atoms with Gasteiger partial charge in [0.05, 0.1) is 11.5 Å². The van der Waals surface area contributed by atoms with E-state index in [9.17, 15) is 25.8 Å². The number of ether oxygens (including phenoxy) is 1. The van der Waals surface area contributed by atoms with E-state index in [0.29, 0.717) is 6.61 Å². The summed E-state index contributed by atoms with van der Waals surface area (Å²) in [5.41, 5.74) is -0.910. The Morgan fingerprint density at radius 1 is 1.12 bits per heavy atom. The van der Waals surface area contributed by atoms with Crippen LogP contribution in [0.5, 0.6) is 5.75 Å². The molecule has 0 aliphatic rings. The van der Waals surface area contributed by atoms with E-state index in [2.05, 4.69) is 0 Å². The number of rotatable bonds is 7. The fourth-order valence-corrected chi connectivity index (χ4v) is 3.91. The number of hydrogen-bond donors (Lipinski definition) is 2. The van der Waals surface area contributed by atoms with E-state index in [1.807, 2.05) is 6.92 Å². The average Bonchev–Trinajstić information content (AvgIpc) is 2.54. The zero-order chi connectivity index (χ0) is 19.5. The van der Waals surface area contributed by atoms with Gasteiger partial charge in [0.1, 0.15) is 16.5 Å². The van der Waals surface area contributed by atoms with Crippen LogP contribution >= 0.6 is 0 Å². The van der Waals surface area contributed by atoms with Crippen LogP contribution in [0.2, 0.25) is 0 Å². The van der Waals surface area contributed by atoms with Gasteiger partial charge in [-0.3, -0.25) is 4.55 Å². The Bertz CT molecular complexity index is 969. The predicted octanol–water partition coefficient (Wildman–Crippen LogP) is 2.57. The molecule has 0 unspecified atom stereocenters. The third kappa shape index (κ3) is 4.58. The number of nitrogens with two attached hydrogens (primary N) is 1. The van der Waals surface area contributed by atoms with Gasteiger partial charge >= 0.3 is 0 Å². The van der Waals surface area contributed by atoms with Crippen LogP contribution < -0.4 is 9.88 Å². The fourth-order valence-electron chi connectivity index (χ4n) is 2.35. The van der Waals surface area contributed by atoms with Crippen molar-refractivity contribution in [2.45, 2.75) is 29.6 Å². The maximum Gasteiger partial charge on any atom is 0.295 e. The molecule has 0 saturated carbocycles. The standard InChI is InChI=1S/C16H18FNO6S2/c1-2-3-9-24-11-7-8-13(17)12(10-11)16-14(25(18,19)20)5-4-6-15(16)26(21,22)23/h4-8,10H,2-3,9H2,1H3,(H2,18,19,20)(H,21,22,23). The monoisotopic (exact) mass is 403 g/mol. The van der Waals surface area contributed by atoms with Crippen molar-refractivity contribution >= 4 is 20.1 Å². The first kappa shape index (κ1) is 20.3. The molecule has 0 heterocycles. The SMILES string of the molecule is CCCCOc1ccc(F)c(-c2c(S(N)(=O)=O)cccc2S(=O)(=O)O)c1. The number of sulfonamides is 1. The summed E-state index contributed by atoms with van der Waals surface area (Å²) >= 11 is 0. The number of halogens is 1. The maximum absolute atomic E-state index is 14.4. The Kier molecular flexibility index (Phi) is 6.02. The van der Waals surface area contributed by atoms with E-state index in [1.54, 1.807) is 0 Å². The Labute approximate surface area is 151 Å². The zero-order valence-corrected chi connectivity index (χ0v) is 15.5. The van der Waals surface area contributed by atoms with Crippen LogP contribution in [0.4, 0.5) is 4.39 Å². The number of hydrogen-bond acceptors (Lipinski definition) is 5. The Balaban J connectivity index is 2.76. The molecule has 0 radical (unpaired) electrons. The van der Waals surface area contributed by atoms with Crippen molar-refractivity contribution < 1.29 is 30.5 Å². The van der Waals surface area contributed by atoms with Gasteiger partial charge in [0, 0.05) is 11.1 Å². The Hall–Kier alpha value is -2.01. The summed E-state index contributed by atoms with van der Waals surface area (Å²) in [6, 6.07) is 6.60. The molecule has 0 atom stereocenters. The van der Waals surface area contributed by atoms with Gasteiger partial charge in [-0.05, 0) is 36.8 Å². The predicted molar refractivity (Wildman–Crippen MR) is 93.4 cm³/mol. The van der Waals surface area contributed by atoms with Crippen molar-refractivity contribution in [3.8, 4) is 16.9 Å². The lowest BCUT2D eigenvalue weighted by molar-refractivity contribution is 0.309. The van der Waals surface area contributed by atoms with Gasteiger partial charge in [-0.2, -0.15) is 8.42 Å². The van der Waals surface area contributed by atoms with Crippen molar-refractivity contribution in [1.82, 2.24) is 0 Å². The molecular formula is C16H18FNO6S2. The largest absolute Gasteiger partial charge is 0.494 e. The summed E-state index contributed by atoms with van der Waals surface area (Å²) in [7, 11) is -9.24. The first-order valence-electron chi connectivity index (χ1n) is 7.61. The number of unbranched alkanes of at least 4 members (excludes halogenated alkanes) is 1. The highest BCUT2D eigenvalue weighted by atomic mass is 32.2. The quantitative estimate of drug-likeness (QED) is 0.541. The zero-order valence-electron chi connectivity index (χ0n) is 13.8. The number of benzene rings is 2. The second-order valence-corrected chi connectivity index (χ2v) is 8.41. The molecule has 26 heavy (non-hydrogen) atoms. The van der Waals surface area contributed by atoms with Gasteiger partial charge in [-0.15, -0.1) is 0 Å². The number of primary sulfonamides is 1. The van der Waals surface area contributed by atoms with E-state index in [0.717, 1.165) is 37.1 Å². The molecular weight excluding hydrogens is 385 g/mol. The van der Waals surface area contributed by atoms with Crippen molar-refractivity contribution in [3.63, 3.8) is 0 Å². The lowest BCUT2D eigenvalue weighted by atomic mass is 10.0. The minimum Gasteiger partial charge on any atom is -0.494 e. The third-order valence-corrected chi connectivity index (χ3v) is 5.40. The van der Waals surface area contributed by atoms with Crippen molar-refractivity contribution in [1.29, 1.82) is 0 Å². The van der Waals surface area contributed by atoms with Gasteiger partial charge in [-0.1, -0.05) is 19.4 Å². The van der Waals surface area contributed by atoms with E-state index >= 15 is 0 Å². The second-order valence-electron chi connectivity index (χ2n) is 5.49. The first-order valence-corrected chi connectivity index (χ1v) is 10.6.